The monoisotopic (exact) mass is 423 g/mol. The Labute approximate surface area is 169 Å². The van der Waals surface area contributed by atoms with Crippen molar-refractivity contribution in [2.45, 2.75) is 95.5 Å². The molecule has 4 saturated heterocycles. The van der Waals surface area contributed by atoms with Gasteiger partial charge in [0.1, 0.15) is 0 Å². The van der Waals surface area contributed by atoms with Crippen molar-refractivity contribution < 1.29 is 37.2 Å². The van der Waals surface area contributed by atoms with E-state index in [2.05, 4.69) is 6.92 Å². The van der Waals surface area contributed by atoms with E-state index < -0.39 is 41.5 Å². The summed E-state index contributed by atoms with van der Waals surface area (Å²) in [7, 11) is 0. The second-order valence-electron chi connectivity index (χ2n) is 9.60. The van der Waals surface area contributed by atoms with Crippen LogP contribution in [-0.4, -0.2) is 42.3 Å². The molecule has 29 heavy (non-hydrogen) atoms. The first kappa shape index (κ1) is 21.8. The van der Waals surface area contributed by atoms with Crippen molar-refractivity contribution in [1.29, 1.82) is 0 Å². The summed E-state index contributed by atoms with van der Waals surface area (Å²) in [5.74, 6) is -5.10. The van der Waals surface area contributed by atoms with Crippen LogP contribution in [0.2, 0.25) is 0 Å². The average Bonchev–Trinajstić information content (AvgIpc) is 2.84. The van der Waals surface area contributed by atoms with Crippen molar-refractivity contribution in [2.75, 3.05) is 6.61 Å². The molecule has 9 atom stereocenters. The van der Waals surface area contributed by atoms with Crippen LogP contribution >= 0.6 is 0 Å². The van der Waals surface area contributed by atoms with Gasteiger partial charge in [0.05, 0.1) is 6.61 Å². The zero-order chi connectivity index (χ0) is 21.2. The van der Waals surface area contributed by atoms with E-state index in [4.69, 9.17) is 29.7 Å². The number of nitrogens with two attached hydrogens (primary N) is 1. The topological polar surface area (TPSA) is 72.2 Å². The van der Waals surface area contributed by atoms with Crippen LogP contribution in [-0.2, 0) is 24.0 Å². The predicted octanol–water partition coefficient (Wildman–Crippen LogP) is 3.88. The summed E-state index contributed by atoms with van der Waals surface area (Å²) in [6.45, 7) is 6.93. The summed E-state index contributed by atoms with van der Waals surface area (Å²) >= 11 is 0. The molecule has 5 aliphatic rings. The Kier molecular flexibility index (Phi) is 5.28. The van der Waals surface area contributed by atoms with Crippen LogP contribution in [0.4, 0.5) is 13.2 Å². The molecule has 0 aromatic carbocycles. The Hall–Kier alpha value is -0.450. The smallest absolute Gasteiger partial charge is 0.342 e. The zero-order valence-electron chi connectivity index (χ0n) is 17.5. The maximum atomic E-state index is 14.5. The van der Waals surface area contributed by atoms with Crippen molar-refractivity contribution in [3.8, 4) is 0 Å². The molecule has 4 aliphatic heterocycles. The molecule has 6 nitrogen and oxygen atoms in total. The summed E-state index contributed by atoms with van der Waals surface area (Å²) in [5.41, 5.74) is 4.66. The maximum absolute atomic E-state index is 14.5. The minimum atomic E-state index is -4.74. The molecule has 0 radical (unpaired) electrons. The van der Waals surface area contributed by atoms with Gasteiger partial charge in [0.2, 0.25) is 5.79 Å². The third-order valence-corrected chi connectivity index (χ3v) is 7.55. The predicted molar refractivity (Wildman–Crippen MR) is 96.0 cm³/mol. The van der Waals surface area contributed by atoms with E-state index in [9.17, 15) is 13.2 Å². The molecule has 9 heteroatoms. The number of halogens is 3. The van der Waals surface area contributed by atoms with E-state index in [1.54, 1.807) is 20.8 Å². The zero-order valence-corrected chi connectivity index (χ0v) is 17.5. The third kappa shape index (κ3) is 3.15. The molecule has 168 valence electrons. The number of rotatable bonds is 4. The van der Waals surface area contributed by atoms with Crippen LogP contribution in [0.3, 0.4) is 0 Å². The maximum Gasteiger partial charge on any atom is 0.443 e. The molecule has 0 amide bonds. The van der Waals surface area contributed by atoms with Crippen molar-refractivity contribution in [1.82, 2.24) is 0 Å². The Morgan fingerprint density at radius 2 is 1.83 bits per heavy atom. The lowest BCUT2D eigenvalue weighted by atomic mass is 9.57. The van der Waals surface area contributed by atoms with Crippen LogP contribution in [0.5, 0.6) is 0 Å². The molecule has 1 aliphatic carbocycles. The van der Waals surface area contributed by atoms with E-state index in [1.807, 2.05) is 0 Å². The lowest BCUT2D eigenvalue weighted by molar-refractivity contribution is -0.598. The molecule has 4 heterocycles. The lowest BCUT2D eigenvalue weighted by Crippen LogP contribution is -2.76. The highest BCUT2D eigenvalue weighted by Gasteiger charge is 2.77. The summed E-state index contributed by atoms with van der Waals surface area (Å²) in [5, 5.41) is 0. The van der Waals surface area contributed by atoms with Gasteiger partial charge in [-0.25, -0.2) is 9.78 Å². The van der Waals surface area contributed by atoms with Crippen LogP contribution in [0, 0.1) is 23.7 Å². The third-order valence-electron chi connectivity index (χ3n) is 7.55. The van der Waals surface area contributed by atoms with Gasteiger partial charge in [0, 0.05) is 24.3 Å². The van der Waals surface area contributed by atoms with Gasteiger partial charge >= 0.3 is 6.18 Å². The molecule has 1 spiro atoms. The van der Waals surface area contributed by atoms with Gasteiger partial charge in [-0.2, -0.15) is 13.2 Å². The minimum Gasteiger partial charge on any atom is -0.342 e. The van der Waals surface area contributed by atoms with Gasteiger partial charge < -0.3 is 19.9 Å². The van der Waals surface area contributed by atoms with Crippen molar-refractivity contribution >= 4 is 0 Å². The SMILES string of the molecule is CC(N)CCO[C@@]1(C(F)(F)F)O[C@@H]2O[C@]3(C)CC[C@H]4[C@H](C)CC[C@@H]([C@H]1C)[C@@]24OO3. The van der Waals surface area contributed by atoms with E-state index >= 15 is 0 Å². The molecule has 5 rings (SSSR count). The summed E-state index contributed by atoms with van der Waals surface area (Å²) in [4.78, 5) is 11.6. The summed E-state index contributed by atoms with van der Waals surface area (Å²) in [6.07, 6.45) is -2.97. The normalized spacial score (nSPS) is 50.7. The minimum absolute atomic E-state index is 0.00618. The number of hydrogen-bond acceptors (Lipinski definition) is 6. The first-order valence-corrected chi connectivity index (χ1v) is 10.6. The fourth-order valence-electron chi connectivity index (χ4n) is 5.89. The number of fused-ring (bicyclic) bond motifs is 2. The van der Waals surface area contributed by atoms with Gasteiger partial charge in [0.25, 0.3) is 5.79 Å². The highest BCUT2D eigenvalue weighted by molar-refractivity contribution is 5.12. The van der Waals surface area contributed by atoms with Crippen LogP contribution in [0.15, 0.2) is 0 Å². The lowest BCUT2D eigenvalue weighted by Gasteiger charge is -2.62. The molecular weight excluding hydrogens is 391 g/mol. The van der Waals surface area contributed by atoms with Crippen LogP contribution in [0.1, 0.15) is 59.8 Å². The molecule has 0 aromatic rings. The average molecular weight is 423 g/mol. The van der Waals surface area contributed by atoms with Gasteiger partial charge in [-0.1, -0.05) is 13.8 Å². The second-order valence-corrected chi connectivity index (χ2v) is 9.60. The van der Waals surface area contributed by atoms with Gasteiger partial charge in [0.15, 0.2) is 11.9 Å². The standard InChI is InChI=1S/C20H32F3NO5/c1-11-5-6-15-13(3)19(20(21,22)23,25-10-8-12(2)24)27-16-18(15)14(11)7-9-17(4,26-16)28-29-18/h11-16H,5-10,24H2,1-4H3/t11-,12?,13-,14+,15+,16+,17+,18-,19-/m1/s1. The summed E-state index contributed by atoms with van der Waals surface area (Å²) in [6, 6.07) is -0.272. The van der Waals surface area contributed by atoms with E-state index in [1.165, 1.54) is 0 Å². The van der Waals surface area contributed by atoms with Crippen molar-refractivity contribution in [2.24, 2.45) is 29.4 Å². The van der Waals surface area contributed by atoms with Crippen molar-refractivity contribution in [3.63, 3.8) is 0 Å². The molecule has 0 aromatic heterocycles. The quantitative estimate of drug-likeness (QED) is 0.692. The Balaban J connectivity index is 1.76. The van der Waals surface area contributed by atoms with Crippen LogP contribution < -0.4 is 5.73 Å². The van der Waals surface area contributed by atoms with Gasteiger partial charge in [-0.05, 0) is 51.4 Å². The number of alkyl halides is 3. The first-order valence-electron chi connectivity index (χ1n) is 10.6. The van der Waals surface area contributed by atoms with E-state index in [0.29, 0.717) is 19.3 Å². The van der Waals surface area contributed by atoms with Crippen molar-refractivity contribution in [3.05, 3.63) is 0 Å². The largest absolute Gasteiger partial charge is 0.443 e. The number of hydrogen-bond donors (Lipinski definition) is 1. The highest BCUT2D eigenvalue weighted by Crippen LogP contribution is 2.64. The van der Waals surface area contributed by atoms with Gasteiger partial charge in [-0.15, -0.1) is 0 Å². The molecular formula is C20H32F3NO5. The molecule has 2 N–H and O–H groups in total. The number of ether oxygens (including phenoxy) is 3. The second kappa shape index (κ2) is 7.03. The molecule has 1 saturated carbocycles. The molecule has 2 bridgehead atoms. The van der Waals surface area contributed by atoms with E-state index in [-0.39, 0.29) is 24.5 Å². The Morgan fingerprint density at radius 3 is 2.48 bits per heavy atom. The molecule has 1 unspecified atom stereocenters. The fourth-order valence-corrected chi connectivity index (χ4v) is 5.89. The van der Waals surface area contributed by atoms with E-state index in [0.717, 1.165) is 12.8 Å². The van der Waals surface area contributed by atoms with Gasteiger partial charge in [-0.3, -0.25) is 0 Å². The first-order chi connectivity index (χ1) is 13.5. The summed E-state index contributed by atoms with van der Waals surface area (Å²) < 4.78 is 60.7. The Bertz CT molecular complexity index is 634. The van der Waals surface area contributed by atoms with Crippen LogP contribution in [0.25, 0.3) is 0 Å². The fraction of sp³-hybridized carbons (Fsp3) is 1.00. The molecule has 5 fully saturated rings. The Morgan fingerprint density at radius 1 is 1.10 bits per heavy atom. The highest BCUT2D eigenvalue weighted by atomic mass is 19.4.